The van der Waals surface area contributed by atoms with Gasteiger partial charge in [-0.2, -0.15) is 0 Å². The maximum atomic E-state index is 11.7. The van der Waals surface area contributed by atoms with Crippen LogP contribution in [0.4, 0.5) is 0 Å². The van der Waals surface area contributed by atoms with Crippen molar-refractivity contribution in [1.82, 2.24) is 10.2 Å². The van der Waals surface area contributed by atoms with Crippen LogP contribution in [0.3, 0.4) is 0 Å². The number of nitrogens with zero attached hydrogens (tertiary/aromatic N) is 1. The van der Waals surface area contributed by atoms with Crippen LogP contribution in [0.2, 0.25) is 0 Å². The first-order valence-electron chi connectivity index (χ1n) is 7.29. The molecule has 0 saturated carbocycles. The highest BCUT2D eigenvalue weighted by atomic mass is 16.5. The van der Waals surface area contributed by atoms with Crippen molar-refractivity contribution in [3.05, 3.63) is 0 Å². The minimum atomic E-state index is 0.154. The van der Waals surface area contributed by atoms with Crippen LogP contribution >= 0.6 is 0 Å². The van der Waals surface area contributed by atoms with E-state index in [1.54, 1.807) is 0 Å². The van der Waals surface area contributed by atoms with Gasteiger partial charge in [0.2, 0.25) is 5.91 Å². The first-order chi connectivity index (χ1) is 8.68. The Morgan fingerprint density at radius 2 is 1.89 bits per heavy atom. The van der Waals surface area contributed by atoms with Gasteiger partial charge < -0.3 is 10.1 Å². The fourth-order valence-electron chi connectivity index (χ4n) is 2.17. The Bertz CT molecular complexity index is 224. The van der Waals surface area contributed by atoms with E-state index in [0.717, 1.165) is 32.7 Å². The fraction of sp³-hybridized carbons (Fsp3) is 0.929. The van der Waals surface area contributed by atoms with Gasteiger partial charge in [-0.1, -0.05) is 12.8 Å². The molecule has 18 heavy (non-hydrogen) atoms. The highest BCUT2D eigenvalue weighted by Crippen LogP contribution is 2.08. The Labute approximate surface area is 111 Å². The minimum absolute atomic E-state index is 0.154. The molecule has 1 N–H and O–H groups in total. The molecule has 0 bridgehead atoms. The van der Waals surface area contributed by atoms with Crippen molar-refractivity contribution in [2.75, 3.05) is 32.8 Å². The third-order valence-electron chi connectivity index (χ3n) is 3.16. The molecule has 0 aromatic rings. The number of ether oxygens (including phenoxy) is 1. The third-order valence-corrected chi connectivity index (χ3v) is 3.16. The van der Waals surface area contributed by atoms with Gasteiger partial charge in [0.15, 0.2) is 0 Å². The number of carbonyl (C=O) groups is 1. The molecule has 0 atom stereocenters. The van der Waals surface area contributed by atoms with Crippen LogP contribution < -0.4 is 5.32 Å². The Morgan fingerprint density at radius 1 is 1.22 bits per heavy atom. The van der Waals surface area contributed by atoms with E-state index in [1.807, 2.05) is 13.8 Å². The molecular weight excluding hydrogens is 228 g/mol. The molecule has 1 fully saturated rings. The van der Waals surface area contributed by atoms with Crippen LogP contribution in [0.25, 0.3) is 0 Å². The van der Waals surface area contributed by atoms with Crippen LogP contribution in [0.15, 0.2) is 0 Å². The summed E-state index contributed by atoms with van der Waals surface area (Å²) >= 11 is 0. The van der Waals surface area contributed by atoms with E-state index in [2.05, 4.69) is 10.2 Å². The molecular formula is C14H28N2O2. The minimum Gasteiger partial charge on any atom is -0.379 e. The van der Waals surface area contributed by atoms with E-state index in [-0.39, 0.29) is 12.0 Å². The van der Waals surface area contributed by atoms with E-state index in [9.17, 15) is 4.79 Å². The van der Waals surface area contributed by atoms with Crippen molar-refractivity contribution in [1.29, 1.82) is 0 Å². The second-order valence-electron chi connectivity index (χ2n) is 5.31. The monoisotopic (exact) mass is 256 g/mol. The summed E-state index contributed by atoms with van der Waals surface area (Å²) < 4.78 is 5.43. The summed E-state index contributed by atoms with van der Waals surface area (Å²) in [6, 6.07) is 0. The second-order valence-corrected chi connectivity index (χ2v) is 5.31. The number of carbonyl (C=O) groups excluding carboxylic acids is 1. The molecule has 4 heteroatoms. The normalized spacial score (nSPS) is 17.7. The highest BCUT2D eigenvalue weighted by molar-refractivity contribution is 5.77. The predicted octanol–water partition coefficient (Wildman–Crippen LogP) is 1.79. The average Bonchev–Trinajstić information content (AvgIpc) is 2.56. The van der Waals surface area contributed by atoms with Gasteiger partial charge in [-0.05, 0) is 46.2 Å². The first kappa shape index (κ1) is 15.4. The maximum absolute atomic E-state index is 11.7. The lowest BCUT2D eigenvalue weighted by atomic mass is 10.2. The molecule has 106 valence electrons. The van der Waals surface area contributed by atoms with Crippen molar-refractivity contribution in [2.24, 2.45) is 0 Å². The molecule has 1 amide bonds. The third kappa shape index (κ3) is 7.67. The summed E-state index contributed by atoms with van der Waals surface area (Å²) in [7, 11) is 0. The smallest absolute Gasteiger partial charge is 0.234 e. The van der Waals surface area contributed by atoms with Crippen LogP contribution in [-0.4, -0.2) is 49.7 Å². The lowest BCUT2D eigenvalue weighted by Crippen LogP contribution is -2.38. The standard InChI is InChI=1S/C14H28N2O2/c1-13(2)18-11-7-8-15-14(17)12-16-9-5-3-4-6-10-16/h13H,3-12H2,1-2H3,(H,15,17). The Morgan fingerprint density at radius 3 is 2.50 bits per heavy atom. The molecule has 4 nitrogen and oxygen atoms in total. The molecule has 0 spiro atoms. The van der Waals surface area contributed by atoms with Crippen molar-refractivity contribution in [3.63, 3.8) is 0 Å². The van der Waals surface area contributed by atoms with Crippen LogP contribution in [-0.2, 0) is 9.53 Å². The van der Waals surface area contributed by atoms with Gasteiger partial charge in [-0.25, -0.2) is 0 Å². The highest BCUT2D eigenvalue weighted by Gasteiger charge is 2.12. The van der Waals surface area contributed by atoms with E-state index in [4.69, 9.17) is 4.74 Å². The van der Waals surface area contributed by atoms with Gasteiger partial charge in [-0.15, -0.1) is 0 Å². The maximum Gasteiger partial charge on any atom is 0.234 e. The molecule has 1 heterocycles. The molecule has 0 aromatic carbocycles. The molecule has 1 aliphatic rings. The summed E-state index contributed by atoms with van der Waals surface area (Å²) in [5, 5.41) is 2.96. The number of amides is 1. The summed E-state index contributed by atoms with van der Waals surface area (Å²) in [4.78, 5) is 14.0. The van der Waals surface area contributed by atoms with Gasteiger partial charge in [0.05, 0.1) is 12.6 Å². The Balaban J connectivity index is 2.02. The quantitative estimate of drug-likeness (QED) is 0.706. The summed E-state index contributed by atoms with van der Waals surface area (Å²) in [5.41, 5.74) is 0. The SMILES string of the molecule is CC(C)OCCCNC(=O)CN1CCCCCC1. The zero-order valence-electron chi connectivity index (χ0n) is 11.9. The number of nitrogens with one attached hydrogen (secondary N) is 1. The molecule has 1 saturated heterocycles. The van der Waals surface area contributed by atoms with E-state index < -0.39 is 0 Å². The van der Waals surface area contributed by atoms with Gasteiger partial charge in [0, 0.05) is 13.2 Å². The zero-order chi connectivity index (χ0) is 13.2. The molecule has 0 aromatic heterocycles. The summed E-state index contributed by atoms with van der Waals surface area (Å²) in [5.74, 6) is 0.154. The van der Waals surface area contributed by atoms with Crippen LogP contribution in [0.1, 0.15) is 46.0 Å². The summed E-state index contributed by atoms with van der Waals surface area (Å²) in [6.45, 7) is 8.20. The topological polar surface area (TPSA) is 41.6 Å². The Kier molecular flexibility index (Phi) is 8.01. The summed E-state index contributed by atoms with van der Waals surface area (Å²) in [6.07, 6.45) is 6.25. The molecule has 0 aliphatic carbocycles. The van der Waals surface area contributed by atoms with Gasteiger partial charge in [-0.3, -0.25) is 9.69 Å². The number of likely N-dealkylation sites (tertiary alicyclic amines) is 1. The molecule has 0 radical (unpaired) electrons. The molecule has 1 aliphatic heterocycles. The van der Waals surface area contributed by atoms with Crippen molar-refractivity contribution in [2.45, 2.75) is 52.1 Å². The first-order valence-corrected chi connectivity index (χ1v) is 7.29. The Hall–Kier alpha value is -0.610. The zero-order valence-corrected chi connectivity index (χ0v) is 11.9. The molecule has 1 rings (SSSR count). The van der Waals surface area contributed by atoms with Crippen LogP contribution in [0.5, 0.6) is 0 Å². The second kappa shape index (κ2) is 9.34. The lowest BCUT2D eigenvalue weighted by molar-refractivity contribution is -0.122. The average molecular weight is 256 g/mol. The van der Waals surface area contributed by atoms with Gasteiger partial charge >= 0.3 is 0 Å². The van der Waals surface area contributed by atoms with Gasteiger partial charge in [0.1, 0.15) is 0 Å². The van der Waals surface area contributed by atoms with Gasteiger partial charge in [0.25, 0.3) is 0 Å². The van der Waals surface area contributed by atoms with Crippen molar-refractivity contribution in [3.8, 4) is 0 Å². The van der Waals surface area contributed by atoms with E-state index in [1.165, 1.54) is 25.7 Å². The van der Waals surface area contributed by atoms with Crippen molar-refractivity contribution < 1.29 is 9.53 Å². The van der Waals surface area contributed by atoms with E-state index >= 15 is 0 Å². The molecule has 0 unspecified atom stereocenters. The van der Waals surface area contributed by atoms with Crippen LogP contribution in [0, 0.1) is 0 Å². The number of rotatable bonds is 7. The lowest BCUT2D eigenvalue weighted by Gasteiger charge is -2.19. The number of hydrogen-bond acceptors (Lipinski definition) is 3. The fourth-order valence-corrected chi connectivity index (χ4v) is 2.17. The largest absolute Gasteiger partial charge is 0.379 e. The number of hydrogen-bond donors (Lipinski definition) is 1. The predicted molar refractivity (Wildman–Crippen MR) is 73.6 cm³/mol. The van der Waals surface area contributed by atoms with E-state index in [0.29, 0.717) is 6.54 Å². The van der Waals surface area contributed by atoms with Crippen molar-refractivity contribution >= 4 is 5.91 Å².